The number of ether oxygens (including phenoxy) is 1. The molecule has 0 aromatic heterocycles. The SMILES string of the molecule is NC(=O)OC(Cc1ccccc1)C(O)CC(N)Cc1ccccc1. The second-order valence-electron chi connectivity index (χ2n) is 5.92. The zero-order chi connectivity index (χ0) is 17.4. The molecule has 0 radical (unpaired) electrons. The molecule has 0 aliphatic carbocycles. The van der Waals surface area contributed by atoms with Gasteiger partial charge in [-0.2, -0.15) is 0 Å². The lowest BCUT2D eigenvalue weighted by atomic mass is 9.96. The maximum absolute atomic E-state index is 11.1. The summed E-state index contributed by atoms with van der Waals surface area (Å²) < 4.78 is 5.10. The second kappa shape index (κ2) is 9.05. The summed E-state index contributed by atoms with van der Waals surface area (Å²) in [5.74, 6) is 0. The number of amides is 1. The molecule has 0 saturated heterocycles. The molecule has 0 aliphatic rings. The first-order chi connectivity index (χ1) is 11.5. The van der Waals surface area contributed by atoms with Crippen LogP contribution in [0.25, 0.3) is 0 Å². The number of aliphatic hydroxyl groups is 1. The predicted octanol–water partition coefficient (Wildman–Crippen LogP) is 2.01. The lowest BCUT2D eigenvalue weighted by molar-refractivity contribution is -0.000375. The van der Waals surface area contributed by atoms with Crippen LogP contribution < -0.4 is 11.5 Å². The third-order valence-corrected chi connectivity index (χ3v) is 3.86. The van der Waals surface area contributed by atoms with E-state index in [0.717, 1.165) is 11.1 Å². The van der Waals surface area contributed by atoms with Gasteiger partial charge in [0.05, 0.1) is 6.10 Å². The Morgan fingerprint density at radius 1 is 0.958 bits per heavy atom. The van der Waals surface area contributed by atoms with Gasteiger partial charge in [0.2, 0.25) is 0 Å². The van der Waals surface area contributed by atoms with E-state index in [4.69, 9.17) is 16.2 Å². The Morgan fingerprint density at radius 3 is 1.96 bits per heavy atom. The van der Waals surface area contributed by atoms with Crippen LogP contribution in [0.2, 0.25) is 0 Å². The zero-order valence-electron chi connectivity index (χ0n) is 13.5. The Balaban J connectivity index is 1.96. The monoisotopic (exact) mass is 328 g/mol. The molecule has 0 heterocycles. The van der Waals surface area contributed by atoms with E-state index < -0.39 is 18.3 Å². The molecule has 1 amide bonds. The van der Waals surface area contributed by atoms with Gasteiger partial charge in [-0.3, -0.25) is 0 Å². The van der Waals surface area contributed by atoms with Gasteiger partial charge in [0.15, 0.2) is 0 Å². The summed E-state index contributed by atoms with van der Waals surface area (Å²) >= 11 is 0. The number of rotatable bonds is 8. The average molecular weight is 328 g/mol. The minimum Gasteiger partial charge on any atom is -0.443 e. The Labute approximate surface area is 142 Å². The number of carbonyl (C=O) groups is 1. The van der Waals surface area contributed by atoms with Crippen molar-refractivity contribution in [3.63, 3.8) is 0 Å². The van der Waals surface area contributed by atoms with Crippen LogP contribution >= 0.6 is 0 Å². The first-order valence-corrected chi connectivity index (χ1v) is 8.02. The molecule has 0 fully saturated rings. The average Bonchev–Trinajstić information content (AvgIpc) is 2.55. The predicted molar refractivity (Wildman–Crippen MR) is 93.3 cm³/mol. The van der Waals surface area contributed by atoms with E-state index in [-0.39, 0.29) is 6.04 Å². The van der Waals surface area contributed by atoms with E-state index in [9.17, 15) is 9.90 Å². The number of hydrogen-bond donors (Lipinski definition) is 3. The maximum Gasteiger partial charge on any atom is 0.404 e. The molecule has 2 aromatic rings. The summed E-state index contributed by atoms with van der Waals surface area (Å²) in [6.07, 6.45) is -1.13. The molecule has 5 N–H and O–H groups in total. The number of hydrogen-bond acceptors (Lipinski definition) is 4. The van der Waals surface area contributed by atoms with Gasteiger partial charge in [0, 0.05) is 12.5 Å². The van der Waals surface area contributed by atoms with E-state index in [1.165, 1.54) is 0 Å². The molecule has 2 rings (SSSR count). The van der Waals surface area contributed by atoms with E-state index >= 15 is 0 Å². The van der Waals surface area contributed by atoms with Gasteiger partial charge in [0.25, 0.3) is 0 Å². The Bertz CT molecular complexity index is 619. The van der Waals surface area contributed by atoms with Crippen molar-refractivity contribution in [3.8, 4) is 0 Å². The number of carbonyl (C=O) groups excluding carboxylic acids is 1. The Hall–Kier alpha value is -2.37. The quantitative estimate of drug-likeness (QED) is 0.690. The van der Waals surface area contributed by atoms with Gasteiger partial charge in [-0.1, -0.05) is 60.7 Å². The molecular weight excluding hydrogens is 304 g/mol. The summed E-state index contributed by atoms with van der Waals surface area (Å²) in [6, 6.07) is 19.1. The molecule has 0 spiro atoms. The minimum absolute atomic E-state index is 0.239. The molecule has 5 nitrogen and oxygen atoms in total. The summed E-state index contributed by atoms with van der Waals surface area (Å²) in [5, 5.41) is 10.5. The van der Waals surface area contributed by atoms with Crippen LogP contribution in [0.1, 0.15) is 17.5 Å². The van der Waals surface area contributed by atoms with Crippen LogP contribution in [-0.4, -0.2) is 29.4 Å². The molecule has 128 valence electrons. The van der Waals surface area contributed by atoms with Gasteiger partial charge in [0.1, 0.15) is 6.10 Å². The summed E-state index contributed by atoms with van der Waals surface area (Å²) in [4.78, 5) is 11.1. The normalized spacial score (nSPS) is 14.6. The molecule has 3 unspecified atom stereocenters. The summed E-state index contributed by atoms with van der Waals surface area (Å²) in [5.41, 5.74) is 13.3. The molecule has 0 bridgehead atoms. The number of primary amides is 1. The Kier molecular flexibility index (Phi) is 6.78. The van der Waals surface area contributed by atoms with Gasteiger partial charge in [-0.15, -0.1) is 0 Å². The van der Waals surface area contributed by atoms with Crippen LogP contribution in [0, 0.1) is 0 Å². The lowest BCUT2D eigenvalue weighted by Gasteiger charge is -2.25. The van der Waals surface area contributed by atoms with Crippen molar-refractivity contribution >= 4 is 6.09 Å². The molecule has 3 atom stereocenters. The highest BCUT2D eigenvalue weighted by molar-refractivity contribution is 5.64. The van der Waals surface area contributed by atoms with Crippen LogP contribution in [0.15, 0.2) is 60.7 Å². The van der Waals surface area contributed by atoms with Crippen LogP contribution in [-0.2, 0) is 17.6 Å². The van der Waals surface area contributed by atoms with Crippen molar-refractivity contribution in [2.75, 3.05) is 0 Å². The van der Waals surface area contributed by atoms with Crippen LogP contribution in [0.4, 0.5) is 4.79 Å². The lowest BCUT2D eigenvalue weighted by Crippen LogP contribution is -2.39. The molecule has 24 heavy (non-hydrogen) atoms. The number of benzene rings is 2. The Morgan fingerprint density at radius 2 is 1.46 bits per heavy atom. The largest absolute Gasteiger partial charge is 0.443 e. The highest BCUT2D eigenvalue weighted by Crippen LogP contribution is 2.15. The van der Waals surface area contributed by atoms with Gasteiger partial charge >= 0.3 is 6.09 Å². The third kappa shape index (κ3) is 6.02. The van der Waals surface area contributed by atoms with Crippen molar-refractivity contribution in [1.29, 1.82) is 0 Å². The van der Waals surface area contributed by atoms with Crippen LogP contribution in [0.3, 0.4) is 0 Å². The fourth-order valence-electron chi connectivity index (χ4n) is 2.71. The minimum atomic E-state index is -0.897. The smallest absolute Gasteiger partial charge is 0.404 e. The fourth-order valence-corrected chi connectivity index (χ4v) is 2.71. The molecule has 0 saturated carbocycles. The second-order valence-corrected chi connectivity index (χ2v) is 5.92. The summed E-state index contributed by atoms with van der Waals surface area (Å²) in [6.45, 7) is 0. The van der Waals surface area contributed by atoms with Crippen LogP contribution in [0.5, 0.6) is 0 Å². The van der Waals surface area contributed by atoms with Gasteiger partial charge in [-0.05, 0) is 24.0 Å². The highest BCUT2D eigenvalue weighted by Gasteiger charge is 2.25. The van der Waals surface area contributed by atoms with Gasteiger partial charge < -0.3 is 21.3 Å². The van der Waals surface area contributed by atoms with E-state index in [1.54, 1.807) is 0 Å². The summed E-state index contributed by atoms with van der Waals surface area (Å²) in [7, 11) is 0. The fraction of sp³-hybridized carbons (Fsp3) is 0.316. The maximum atomic E-state index is 11.1. The number of nitrogens with two attached hydrogens (primary N) is 2. The highest BCUT2D eigenvalue weighted by atomic mass is 16.6. The van der Waals surface area contributed by atoms with E-state index in [0.29, 0.717) is 19.3 Å². The van der Waals surface area contributed by atoms with E-state index in [1.807, 2.05) is 60.7 Å². The number of aliphatic hydroxyl groups excluding tert-OH is 1. The topological polar surface area (TPSA) is 98.6 Å². The first kappa shape index (κ1) is 18.0. The zero-order valence-corrected chi connectivity index (χ0v) is 13.5. The van der Waals surface area contributed by atoms with E-state index in [2.05, 4.69) is 0 Å². The first-order valence-electron chi connectivity index (χ1n) is 8.02. The molecule has 2 aromatic carbocycles. The van der Waals surface area contributed by atoms with Crippen molar-refractivity contribution in [3.05, 3.63) is 71.8 Å². The van der Waals surface area contributed by atoms with Crippen molar-refractivity contribution in [2.24, 2.45) is 11.5 Å². The van der Waals surface area contributed by atoms with Crippen molar-refractivity contribution in [2.45, 2.75) is 37.5 Å². The third-order valence-electron chi connectivity index (χ3n) is 3.86. The molecular formula is C19H24N2O3. The molecule has 0 aliphatic heterocycles. The van der Waals surface area contributed by atoms with Crippen molar-refractivity contribution in [1.82, 2.24) is 0 Å². The molecule has 5 heteroatoms. The van der Waals surface area contributed by atoms with Gasteiger partial charge in [-0.25, -0.2) is 4.79 Å². The van der Waals surface area contributed by atoms with Crippen molar-refractivity contribution < 1.29 is 14.6 Å². The standard InChI is InChI=1S/C19H24N2O3/c20-16(11-14-7-3-1-4-8-14)13-17(22)18(24-19(21)23)12-15-9-5-2-6-10-15/h1-10,16-18,22H,11-13,20H2,(H2,21,23).